The predicted octanol–water partition coefficient (Wildman–Crippen LogP) is 3.34. The van der Waals surface area contributed by atoms with Crippen LogP contribution in [0.3, 0.4) is 0 Å². The number of anilines is 2. The molecule has 0 atom stereocenters. The van der Waals surface area contributed by atoms with Crippen molar-refractivity contribution >= 4 is 29.0 Å². The van der Waals surface area contributed by atoms with Gasteiger partial charge in [0.15, 0.2) is 0 Å². The van der Waals surface area contributed by atoms with Gasteiger partial charge in [0, 0.05) is 11.6 Å². The average Bonchev–Trinajstić information content (AvgIpc) is 2.48. The molecule has 0 aliphatic heterocycles. The molecule has 0 saturated heterocycles. The van der Waals surface area contributed by atoms with Gasteiger partial charge in [-0.2, -0.15) is 0 Å². The van der Waals surface area contributed by atoms with E-state index in [0.717, 1.165) is 19.0 Å². The van der Waals surface area contributed by atoms with Crippen molar-refractivity contribution in [2.45, 2.75) is 13.3 Å². The molecule has 2 N–H and O–H groups in total. The third-order valence-electron chi connectivity index (χ3n) is 2.60. The fourth-order valence-corrected chi connectivity index (χ4v) is 1.75. The zero-order chi connectivity index (χ0) is 15.2. The third kappa shape index (κ3) is 4.13. The summed E-state index contributed by atoms with van der Waals surface area (Å²) in [6, 6.07) is 4.01. The molecule has 2 aromatic rings. The van der Waals surface area contributed by atoms with Crippen LogP contribution in [0.1, 0.15) is 23.8 Å². The molecule has 0 radical (unpaired) electrons. The zero-order valence-electron chi connectivity index (χ0n) is 11.4. The number of rotatable bonds is 5. The maximum absolute atomic E-state index is 13.6. The van der Waals surface area contributed by atoms with Gasteiger partial charge in [-0.05, 0) is 24.6 Å². The van der Waals surface area contributed by atoms with Crippen molar-refractivity contribution in [3.8, 4) is 0 Å². The summed E-state index contributed by atoms with van der Waals surface area (Å²) in [6.45, 7) is 2.74. The van der Waals surface area contributed by atoms with E-state index >= 15 is 0 Å². The standard InChI is InChI=1S/C14H14ClFN4O/c1-2-5-18-13-8-17-7-12(19-13)14(21)20-11-4-3-9(15)6-10(11)16/h3-4,6-8H,2,5H2,1H3,(H,18,19)(H,20,21). The van der Waals surface area contributed by atoms with Crippen molar-refractivity contribution in [3.63, 3.8) is 0 Å². The normalized spacial score (nSPS) is 10.2. The van der Waals surface area contributed by atoms with E-state index in [-0.39, 0.29) is 16.4 Å². The van der Waals surface area contributed by atoms with Gasteiger partial charge >= 0.3 is 0 Å². The highest BCUT2D eigenvalue weighted by molar-refractivity contribution is 6.30. The van der Waals surface area contributed by atoms with Crippen LogP contribution in [0, 0.1) is 5.82 Å². The highest BCUT2D eigenvalue weighted by Gasteiger charge is 2.12. The maximum atomic E-state index is 13.6. The third-order valence-corrected chi connectivity index (χ3v) is 2.84. The van der Waals surface area contributed by atoms with Crippen LogP contribution >= 0.6 is 11.6 Å². The monoisotopic (exact) mass is 308 g/mol. The Morgan fingerprint density at radius 1 is 1.38 bits per heavy atom. The fourth-order valence-electron chi connectivity index (χ4n) is 1.59. The van der Waals surface area contributed by atoms with Gasteiger partial charge in [-0.1, -0.05) is 18.5 Å². The second kappa shape index (κ2) is 6.99. The van der Waals surface area contributed by atoms with E-state index in [1.165, 1.54) is 24.5 Å². The van der Waals surface area contributed by atoms with E-state index in [0.29, 0.717) is 5.82 Å². The number of halogens is 2. The SMILES string of the molecule is CCCNc1cncc(C(=O)Nc2ccc(Cl)cc2F)n1. The van der Waals surface area contributed by atoms with Gasteiger partial charge in [0.25, 0.3) is 5.91 Å². The summed E-state index contributed by atoms with van der Waals surface area (Å²) < 4.78 is 13.6. The van der Waals surface area contributed by atoms with Gasteiger partial charge in [0.1, 0.15) is 17.3 Å². The molecule has 1 heterocycles. The molecule has 0 spiro atoms. The topological polar surface area (TPSA) is 66.9 Å². The van der Waals surface area contributed by atoms with E-state index in [1.807, 2.05) is 6.92 Å². The molecule has 2 rings (SSSR count). The van der Waals surface area contributed by atoms with E-state index in [9.17, 15) is 9.18 Å². The van der Waals surface area contributed by atoms with E-state index in [1.54, 1.807) is 0 Å². The number of carbonyl (C=O) groups excluding carboxylic acids is 1. The number of aromatic nitrogens is 2. The lowest BCUT2D eigenvalue weighted by Crippen LogP contribution is -2.16. The van der Waals surface area contributed by atoms with Crippen molar-refractivity contribution in [3.05, 3.63) is 47.1 Å². The number of nitrogens with one attached hydrogen (secondary N) is 2. The Kier molecular flexibility index (Phi) is 5.05. The molecule has 0 unspecified atom stereocenters. The minimum Gasteiger partial charge on any atom is -0.369 e. The Hall–Kier alpha value is -2.21. The van der Waals surface area contributed by atoms with Crippen LogP contribution in [0.15, 0.2) is 30.6 Å². The van der Waals surface area contributed by atoms with Gasteiger partial charge < -0.3 is 10.6 Å². The average molecular weight is 309 g/mol. The van der Waals surface area contributed by atoms with Crippen LogP contribution in [0.4, 0.5) is 15.9 Å². The number of nitrogens with zero attached hydrogens (tertiary/aromatic N) is 2. The van der Waals surface area contributed by atoms with Crippen LogP contribution < -0.4 is 10.6 Å². The quantitative estimate of drug-likeness (QED) is 0.889. The van der Waals surface area contributed by atoms with Crippen molar-refractivity contribution in [2.75, 3.05) is 17.2 Å². The second-order valence-corrected chi connectivity index (χ2v) is 4.73. The van der Waals surface area contributed by atoms with Gasteiger partial charge in [0.2, 0.25) is 0 Å². The minimum absolute atomic E-state index is 0.0399. The van der Waals surface area contributed by atoms with Crippen molar-refractivity contribution in [2.24, 2.45) is 0 Å². The molecule has 1 aromatic heterocycles. The Bertz CT molecular complexity index is 651. The molecule has 5 nitrogen and oxygen atoms in total. The number of amides is 1. The number of hydrogen-bond acceptors (Lipinski definition) is 4. The lowest BCUT2D eigenvalue weighted by molar-refractivity contribution is 0.102. The molecule has 0 fully saturated rings. The van der Waals surface area contributed by atoms with Crippen LogP contribution in [-0.4, -0.2) is 22.4 Å². The van der Waals surface area contributed by atoms with Crippen LogP contribution in [0.25, 0.3) is 0 Å². The second-order valence-electron chi connectivity index (χ2n) is 4.29. The smallest absolute Gasteiger partial charge is 0.276 e. The molecular weight excluding hydrogens is 295 g/mol. The fraction of sp³-hybridized carbons (Fsp3) is 0.214. The molecule has 1 aromatic carbocycles. The van der Waals surface area contributed by atoms with Gasteiger partial charge in [-0.15, -0.1) is 0 Å². The summed E-state index contributed by atoms with van der Waals surface area (Å²) in [7, 11) is 0. The molecule has 1 amide bonds. The van der Waals surface area contributed by atoms with Crippen LogP contribution in [0.2, 0.25) is 5.02 Å². The van der Waals surface area contributed by atoms with Crippen molar-refractivity contribution in [1.29, 1.82) is 0 Å². The summed E-state index contributed by atoms with van der Waals surface area (Å²) in [6.07, 6.45) is 3.77. The zero-order valence-corrected chi connectivity index (χ0v) is 12.1. The first kappa shape index (κ1) is 15.2. The molecule has 0 saturated carbocycles. The molecular formula is C14H14ClFN4O. The van der Waals surface area contributed by atoms with Crippen LogP contribution in [0.5, 0.6) is 0 Å². The lowest BCUT2D eigenvalue weighted by atomic mass is 10.3. The molecule has 0 aliphatic carbocycles. The van der Waals surface area contributed by atoms with Crippen molar-refractivity contribution < 1.29 is 9.18 Å². The van der Waals surface area contributed by atoms with E-state index in [2.05, 4.69) is 20.6 Å². The summed E-state index contributed by atoms with van der Waals surface area (Å²) in [5.74, 6) is -0.644. The molecule has 0 bridgehead atoms. The molecule has 0 aliphatic rings. The Labute approximate surface area is 126 Å². The summed E-state index contributed by atoms with van der Waals surface area (Å²) in [5.41, 5.74) is 0.142. The Morgan fingerprint density at radius 3 is 2.90 bits per heavy atom. The summed E-state index contributed by atoms with van der Waals surface area (Å²) in [4.78, 5) is 20.1. The number of benzene rings is 1. The Morgan fingerprint density at radius 2 is 2.19 bits per heavy atom. The van der Waals surface area contributed by atoms with E-state index < -0.39 is 11.7 Å². The van der Waals surface area contributed by atoms with Crippen LogP contribution in [-0.2, 0) is 0 Å². The van der Waals surface area contributed by atoms with Gasteiger partial charge in [0.05, 0.1) is 18.1 Å². The molecule has 7 heteroatoms. The lowest BCUT2D eigenvalue weighted by Gasteiger charge is -2.08. The maximum Gasteiger partial charge on any atom is 0.276 e. The predicted molar refractivity (Wildman–Crippen MR) is 80.2 cm³/mol. The largest absolute Gasteiger partial charge is 0.369 e. The first-order valence-corrected chi connectivity index (χ1v) is 6.80. The molecule has 110 valence electrons. The highest BCUT2D eigenvalue weighted by atomic mass is 35.5. The minimum atomic E-state index is -0.607. The first-order valence-electron chi connectivity index (χ1n) is 6.42. The van der Waals surface area contributed by atoms with Gasteiger partial charge in [-0.3, -0.25) is 9.78 Å². The first-order chi connectivity index (χ1) is 10.1. The summed E-state index contributed by atoms with van der Waals surface area (Å²) in [5, 5.41) is 5.72. The van der Waals surface area contributed by atoms with E-state index in [4.69, 9.17) is 11.6 Å². The Balaban J connectivity index is 2.12. The number of hydrogen-bond donors (Lipinski definition) is 2. The van der Waals surface area contributed by atoms with Crippen molar-refractivity contribution in [1.82, 2.24) is 9.97 Å². The highest BCUT2D eigenvalue weighted by Crippen LogP contribution is 2.19. The molecule has 21 heavy (non-hydrogen) atoms. The van der Waals surface area contributed by atoms with Gasteiger partial charge in [-0.25, -0.2) is 9.37 Å². The summed E-state index contributed by atoms with van der Waals surface area (Å²) >= 11 is 5.66. The number of carbonyl (C=O) groups is 1.